The monoisotopic (exact) mass is 304 g/mol. The zero-order valence-corrected chi connectivity index (χ0v) is 12.9. The number of oxime groups is 1. The molecule has 1 aromatic carbocycles. The summed E-state index contributed by atoms with van der Waals surface area (Å²) in [5.41, 5.74) is 3.10. The Bertz CT molecular complexity index is 766. The van der Waals surface area contributed by atoms with Crippen LogP contribution in [0.3, 0.4) is 0 Å². The van der Waals surface area contributed by atoms with Crippen LogP contribution < -0.4 is 0 Å². The van der Waals surface area contributed by atoms with Gasteiger partial charge < -0.3 is 0 Å². The number of rotatable bonds is 4. The van der Waals surface area contributed by atoms with Crippen LogP contribution in [0.25, 0.3) is 0 Å². The zero-order valence-electron chi connectivity index (χ0n) is 12.1. The van der Waals surface area contributed by atoms with Crippen LogP contribution in [0, 0.1) is 13.8 Å². The molecule has 1 heterocycles. The van der Waals surface area contributed by atoms with Crippen LogP contribution >= 0.6 is 0 Å². The fourth-order valence-electron chi connectivity index (χ4n) is 1.66. The Morgan fingerprint density at radius 2 is 1.76 bits per heavy atom. The number of benzene rings is 1. The van der Waals surface area contributed by atoms with Crippen molar-refractivity contribution in [1.82, 2.24) is 4.98 Å². The van der Waals surface area contributed by atoms with Gasteiger partial charge in [-0.1, -0.05) is 22.9 Å². The minimum Gasteiger partial charge on any atom is -0.265 e. The van der Waals surface area contributed by atoms with Crippen molar-refractivity contribution in [3.8, 4) is 0 Å². The molecule has 0 atom stereocenters. The van der Waals surface area contributed by atoms with Gasteiger partial charge in [0.15, 0.2) is 0 Å². The van der Waals surface area contributed by atoms with Crippen molar-refractivity contribution in [2.75, 3.05) is 0 Å². The Labute approximate surface area is 124 Å². The lowest BCUT2D eigenvalue weighted by molar-refractivity contribution is 0.339. The molecule has 5 nitrogen and oxygen atoms in total. The van der Waals surface area contributed by atoms with Crippen LogP contribution in [-0.4, -0.2) is 19.1 Å². The minimum absolute atomic E-state index is 0.0759. The second kappa shape index (κ2) is 6.05. The molecule has 6 heteroatoms. The third kappa shape index (κ3) is 3.88. The number of pyridine rings is 1. The molecule has 0 saturated carbocycles. The molecule has 0 aliphatic heterocycles. The quantitative estimate of drug-likeness (QED) is 0.643. The lowest BCUT2D eigenvalue weighted by Gasteiger charge is -2.04. The summed E-state index contributed by atoms with van der Waals surface area (Å²) in [5, 5.41) is 3.69. The second-order valence-corrected chi connectivity index (χ2v) is 6.30. The van der Waals surface area contributed by atoms with Crippen LogP contribution in [0.1, 0.15) is 23.6 Å². The van der Waals surface area contributed by atoms with E-state index in [9.17, 15) is 8.42 Å². The molecular weight excluding hydrogens is 288 g/mol. The molecular formula is C15H16N2O3S. The summed E-state index contributed by atoms with van der Waals surface area (Å²) in [5.74, 6) is 0. The lowest BCUT2D eigenvalue weighted by Crippen LogP contribution is -2.05. The second-order valence-electron chi connectivity index (χ2n) is 4.77. The first kappa shape index (κ1) is 15.2. The van der Waals surface area contributed by atoms with E-state index >= 15 is 0 Å². The standard InChI is InChI=1S/C15H16N2O3S/c1-11-4-6-15(7-5-11)21(18,19)20-17-13(3)14-8-12(2)9-16-10-14/h4-10H,1-3H3/b17-13+. The van der Waals surface area contributed by atoms with E-state index in [2.05, 4.69) is 10.1 Å². The Balaban J connectivity index is 2.21. The summed E-state index contributed by atoms with van der Waals surface area (Å²) in [6.45, 7) is 5.44. The summed E-state index contributed by atoms with van der Waals surface area (Å²) in [6, 6.07) is 8.25. The number of hydrogen-bond donors (Lipinski definition) is 0. The number of nitrogens with zero attached hydrogens (tertiary/aromatic N) is 2. The summed E-state index contributed by atoms with van der Waals surface area (Å²) in [7, 11) is -3.90. The molecule has 0 radical (unpaired) electrons. The van der Waals surface area contributed by atoms with E-state index in [4.69, 9.17) is 4.28 Å². The third-order valence-corrected chi connectivity index (χ3v) is 4.00. The SMILES string of the molecule is C/C(=N\OS(=O)(=O)c1ccc(C)cc1)c1cncc(C)c1. The van der Waals surface area contributed by atoms with Gasteiger partial charge >= 0.3 is 10.1 Å². The number of aryl methyl sites for hydroxylation is 2. The number of hydrogen-bond acceptors (Lipinski definition) is 5. The Morgan fingerprint density at radius 3 is 2.38 bits per heavy atom. The maximum atomic E-state index is 12.0. The molecule has 0 spiro atoms. The highest BCUT2D eigenvalue weighted by Gasteiger charge is 2.15. The van der Waals surface area contributed by atoms with Crippen molar-refractivity contribution in [2.24, 2.45) is 5.16 Å². The summed E-state index contributed by atoms with van der Waals surface area (Å²) < 4.78 is 28.7. The molecule has 1 aromatic heterocycles. The summed E-state index contributed by atoms with van der Waals surface area (Å²) in [6.07, 6.45) is 3.31. The Morgan fingerprint density at radius 1 is 1.10 bits per heavy atom. The molecule has 0 unspecified atom stereocenters. The van der Waals surface area contributed by atoms with Crippen LogP contribution in [-0.2, 0) is 14.4 Å². The van der Waals surface area contributed by atoms with E-state index in [0.29, 0.717) is 11.3 Å². The van der Waals surface area contributed by atoms with Gasteiger partial charge in [-0.15, -0.1) is 0 Å². The first-order valence-corrected chi connectivity index (χ1v) is 7.76. The van der Waals surface area contributed by atoms with Crippen LogP contribution in [0.2, 0.25) is 0 Å². The molecule has 0 amide bonds. The Kier molecular flexibility index (Phi) is 4.37. The summed E-state index contributed by atoms with van der Waals surface area (Å²) in [4.78, 5) is 4.11. The van der Waals surface area contributed by atoms with Crippen LogP contribution in [0.4, 0.5) is 0 Å². The van der Waals surface area contributed by atoms with Crippen molar-refractivity contribution in [1.29, 1.82) is 0 Å². The first-order chi connectivity index (χ1) is 9.88. The third-order valence-electron chi connectivity index (χ3n) is 2.87. The van der Waals surface area contributed by atoms with Gasteiger partial charge in [0.25, 0.3) is 0 Å². The zero-order chi connectivity index (χ0) is 15.5. The fourth-order valence-corrected chi connectivity index (χ4v) is 2.42. The van der Waals surface area contributed by atoms with E-state index in [1.807, 2.05) is 19.9 Å². The maximum Gasteiger partial charge on any atom is 0.358 e. The average molecular weight is 304 g/mol. The maximum absolute atomic E-state index is 12.0. The molecule has 110 valence electrons. The molecule has 0 aliphatic rings. The van der Waals surface area contributed by atoms with Crippen molar-refractivity contribution < 1.29 is 12.7 Å². The fraction of sp³-hybridized carbons (Fsp3) is 0.200. The van der Waals surface area contributed by atoms with Gasteiger partial charge in [-0.25, -0.2) is 0 Å². The molecule has 0 bridgehead atoms. The van der Waals surface area contributed by atoms with Gasteiger partial charge in [-0.3, -0.25) is 9.27 Å². The molecule has 21 heavy (non-hydrogen) atoms. The predicted molar refractivity (Wildman–Crippen MR) is 80.6 cm³/mol. The highest BCUT2D eigenvalue weighted by molar-refractivity contribution is 7.86. The number of aromatic nitrogens is 1. The van der Waals surface area contributed by atoms with Crippen molar-refractivity contribution in [3.05, 3.63) is 59.4 Å². The van der Waals surface area contributed by atoms with Crippen molar-refractivity contribution >= 4 is 15.8 Å². The molecule has 0 aliphatic carbocycles. The van der Waals surface area contributed by atoms with Crippen LogP contribution in [0.15, 0.2) is 52.8 Å². The van der Waals surface area contributed by atoms with E-state index in [-0.39, 0.29) is 4.90 Å². The lowest BCUT2D eigenvalue weighted by atomic mass is 10.1. The van der Waals surface area contributed by atoms with Gasteiger partial charge in [-0.05, 0) is 44.5 Å². The molecule has 0 saturated heterocycles. The van der Waals surface area contributed by atoms with Gasteiger partial charge in [0.2, 0.25) is 0 Å². The molecule has 0 fully saturated rings. The molecule has 2 rings (SSSR count). The highest BCUT2D eigenvalue weighted by Crippen LogP contribution is 2.14. The van der Waals surface area contributed by atoms with Crippen molar-refractivity contribution in [2.45, 2.75) is 25.7 Å². The molecule has 0 N–H and O–H groups in total. The van der Waals surface area contributed by atoms with Gasteiger partial charge in [0, 0.05) is 18.0 Å². The van der Waals surface area contributed by atoms with E-state index in [1.54, 1.807) is 31.5 Å². The summed E-state index contributed by atoms with van der Waals surface area (Å²) >= 11 is 0. The first-order valence-electron chi connectivity index (χ1n) is 6.35. The predicted octanol–water partition coefficient (Wildman–Crippen LogP) is 2.83. The Hall–Kier alpha value is -2.21. The minimum atomic E-state index is -3.90. The van der Waals surface area contributed by atoms with Gasteiger partial charge in [0.1, 0.15) is 4.90 Å². The normalized spacial score (nSPS) is 12.2. The van der Waals surface area contributed by atoms with E-state index in [1.165, 1.54) is 12.1 Å². The van der Waals surface area contributed by atoms with Crippen LogP contribution in [0.5, 0.6) is 0 Å². The van der Waals surface area contributed by atoms with E-state index < -0.39 is 10.1 Å². The smallest absolute Gasteiger partial charge is 0.265 e. The van der Waals surface area contributed by atoms with Crippen molar-refractivity contribution in [3.63, 3.8) is 0 Å². The van der Waals surface area contributed by atoms with Gasteiger partial charge in [-0.2, -0.15) is 8.42 Å². The molecule has 2 aromatic rings. The average Bonchev–Trinajstić information content (AvgIpc) is 2.45. The van der Waals surface area contributed by atoms with Gasteiger partial charge in [0.05, 0.1) is 5.71 Å². The van der Waals surface area contributed by atoms with E-state index in [0.717, 1.165) is 11.1 Å². The highest BCUT2D eigenvalue weighted by atomic mass is 32.2. The topological polar surface area (TPSA) is 68.6 Å². The largest absolute Gasteiger partial charge is 0.358 e.